The first-order valence-electron chi connectivity index (χ1n) is 14.6. The minimum Gasteiger partial charge on any atom is -0.494 e. The number of esters is 1. The molecule has 0 saturated heterocycles. The molecule has 0 atom stereocenters. The molecule has 0 aliphatic rings. The van der Waals surface area contributed by atoms with Crippen LogP contribution in [-0.4, -0.2) is 19.2 Å². The molecule has 0 unspecified atom stereocenters. The highest BCUT2D eigenvalue weighted by molar-refractivity contribution is 5.91. The molecule has 0 aromatic heterocycles. The second-order valence-electron chi connectivity index (χ2n) is 9.96. The highest BCUT2D eigenvalue weighted by atomic mass is 19.1. The van der Waals surface area contributed by atoms with Crippen molar-refractivity contribution in [2.75, 3.05) is 13.2 Å². The van der Waals surface area contributed by atoms with E-state index in [2.05, 4.69) is 13.8 Å². The third-order valence-corrected chi connectivity index (χ3v) is 6.69. The fraction of sp³-hybridized carbons (Fsp3) is 0.441. The van der Waals surface area contributed by atoms with Crippen molar-refractivity contribution < 1.29 is 23.4 Å². The minimum absolute atomic E-state index is 0.144. The van der Waals surface area contributed by atoms with Crippen LogP contribution >= 0.6 is 0 Å². The Balaban J connectivity index is 1.44. The first-order valence-corrected chi connectivity index (χ1v) is 14.6. The Morgan fingerprint density at radius 2 is 1.13 bits per heavy atom. The monoisotopic (exact) mass is 534 g/mol. The van der Waals surface area contributed by atoms with E-state index in [0.29, 0.717) is 12.4 Å². The van der Waals surface area contributed by atoms with E-state index in [9.17, 15) is 9.18 Å². The lowest BCUT2D eigenvalue weighted by molar-refractivity contribution is 0.0734. The number of halogens is 1. The van der Waals surface area contributed by atoms with Crippen LogP contribution < -0.4 is 14.2 Å². The van der Waals surface area contributed by atoms with Crippen LogP contribution in [0.1, 0.15) is 94.8 Å². The quantitative estimate of drug-likeness (QED) is 0.0925. The number of benzene rings is 3. The Bertz CT molecular complexity index is 1110. The van der Waals surface area contributed by atoms with Crippen molar-refractivity contribution in [1.29, 1.82) is 0 Å². The summed E-state index contributed by atoms with van der Waals surface area (Å²) in [6, 6.07) is 19.4. The molecule has 0 fully saturated rings. The number of hydrogen-bond donors (Lipinski definition) is 0. The summed E-state index contributed by atoms with van der Waals surface area (Å²) >= 11 is 0. The number of unbranched alkanes of at least 4 members (excludes halogenated alkanes) is 9. The van der Waals surface area contributed by atoms with Crippen LogP contribution in [-0.2, 0) is 0 Å². The Morgan fingerprint density at radius 3 is 1.72 bits per heavy atom. The molecule has 0 radical (unpaired) electrons. The molecule has 0 amide bonds. The van der Waals surface area contributed by atoms with Gasteiger partial charge >= 0.3 is 5.97 Å². The number of hydrogen-bond acceptors (Lipinski definition) is 4. The summed E-state index contributed by atoms with van der Waals surface area (Å²) < 4.78 is 31.4. The molecule has 0 N–H and O–H groups in total. The maximum Gasteiger partial charge on any atom is 0.343 e. The summed E-state index contributed by atoms with van der Waals surface area (Å²) in [7, 11) is 0. The normalized spacial score (nSPS) is 10.8. The van der Waals surface area contributed by atoms with Gasteiger partial charge in [0.15, 0.2) is 11.6 Å². The number of ether oxygens (including phenoxy) is 3. The van der Waals surface area contributed by atoms with Crippen molar-refractivity contribution in [2.45, 2.75) is 84.5 Å². The molecular formula is C34H43FO4. The SMILES string of the molecule is CCCCCCCCCOc1ccc(C(=O)Oc2ccc(-c3ccc(OCCCCCC)cc3)cc2)cc1F. The molecule has 0 bridgehead atoms. The zero-order chi connectivity index (χ0) is 27.7. The van der Waals surface area contributed by atoms with E-state index in [1.54, 1.807) is 12.1 Å². The van der Waals surface area contributed by atoms with Gasteiger partial charge in [0.2, 0.25) is 0 Å². The van der Waals surface area contributed by atoms with Gasteiger partial charge in [0.25, 0.3) is 0 Å². The van der Waals surface area contributed by atoms with Crippen LogP contribution in [0.4, 0.5) is 4.39 Å². The summed E-state index contributed by atoms with van der Waals surface area (Å²) in [5.41, 5.74) is 2.18. The number of rotatable bonds is 18. The molecule has 4 nitrogen and oxygen atoms in total. The largest absolute Gasteiger partial charge is 0.494 e. The van der Waals surface area contributed by atoms with Crippen LogP contribution in [0.3, 0.4) is 0 Å². The Labute approximate surface area is 233 Å². The lowest BCUT2D eigenvalue weighted by Gasteiger charge is -2.10. The number of carbonyl (C=O) groups excluding carboxylic acids is 1. The summed E-state index contributed by atoms with van der Waals surface area (Å²) in [6.07, 6.45) is 12.9. The van der Waals surface area contributed by atoms with Gasteiger partial charge in [-0.25, -0.2) is 9.18 Å². The van der Waals surface area contributed by atoms with Gasteiger partial charge in [-0.15, -0.1) is 0 Å². The summed E-state index contributed by atoms with van der Waals surface area (Å²) in [4.78, 5) is 12.6. The maximum absolute atomic E-state index is 14.5. The molecule has 3 aromatic rings. The van der Waals surface area contributed by atoms with Crippen molar-refractivity contribution in [3.05, 3.63) is 78.1 Å². The standard InChI is InChI=1S/C34H43FO4/c1-3-5-7-9-10-11-13-25-38-33-23-18-29(26-32(33)35)34(36)39-31-21-16-28(17-22-31)27-14-19-30(20-15-27)37-24-12-8-6-4-2/h14-23,26H,3-13,24-25H2,1-2H3. The molecule has 5 heteroatoms. The third kappa shape index (κ3) is 10.7. The lowest BCUT2D eigenvalue weighted by atomic mass is 10.1. The molecular weight excluding hydrogens is 491 g/mol. The fourth-order valence-corrected chi connectivity index (χ4v) is 4.33. The second kappa shape index (κ2) is 17.3. The predicted molar refractivity (Wildman–Crippen MR) is 156 cm³/mol. The van der Waals surface area contributed by atoms with Gasteiger partial charge < -0.3 is 14.2 Å². The first kappa shape index (κ1) is 30.2. The zero-order valence-corrected chi connectivity index (χ0v) is 23.6. The van der Waals surface area contributed by atoms with Crippen molar-refractivity contribution in [1.82, 2.24) is 0 Å². The van der Waals surface area contributed by atoms with E-state index in [1.165, 1.54) is 69.6 Å². The van der Waals surface area contributed by atoms with Crippen molar-refractivity contribution in [3.8, 4) is 28.4 Å². The predicted octanol–water partition coefficient (Wildman–Crippen LogP) is 9.80. The van der Waals surface area contributed by atoms with Crippen molar-refractivity contribution >= 4 is 5.97 Å². The van der Waals surface area contributed by atoms with Gasteiger partial charge in [0, 0.05) is 0 Å². The van der Waals surface area contributed by atoms with Crippen LogP contribution in [0, 0.1) is 5.82 Å². The van der Waals surface area contributed by atoms with Crippen LogP contribution in [0.2, 0.25) is 0 Å². The Morgan fingerprint density at radius 1 is 0.615 bits per heavy atom. The summed E-state index contributed by atoms with van der Waals surface area (Å²) in [6.45, 7) is 5.61. The highest BCUT2D eigenvalue weighted by Crippen LogP contribution is 2.26. The first-order chi connectivity index (χ1) is 19.1. The van der Waals surface area contributed by atoms with Gasteiger partial charge in [-0.2, -0.15) is 0 Å². The smallest absolute Gasteiger partial charge is 0.343 e. The Hall–Kier alpha value is -3.34. The topological polar surface area (TPSA) is 44.8 Å². The molecule has 39 heavy (non-hydrogen) atoms. The van der Waals surface area contributed by atoms with E-state index >= 15 is 0 Å². The second-order valence-corrected chi connectivity index (χ2v) is 9.96. The van der Waals surface area contributed by atoms with Gasteiger partial charge in [-0.3, -0.25) is 0 Å². The number of carbonyl (C=O) groups is 1. The molecule has 0 saturated carbocycles. The average molecular weight is 535 g/mol. The van der Waals surface area contributed by atoms with E-state index in [0.717, 1.165) is 42.7 Å². The average Bonchev–Trinajstić information content (AvgIpc) is 2.96. The summed E-state index contributed by atoms with van der Waals surface area (Å²) in [5, 5.41) is 0. The highest BCUT2D eigenvalue weighted by Gasteiger charge is 2.13. The maximum atomic E-state index is 14.5. The van der Waals surface area contributed by atoms with Crippen LogP contribution in [0.5, 0.6) is 17.2 Å². The van der Waals surface area contributed by atoms with Crippen LogP contribution in [0.15, 0.2) is 66.7 Å². The molecule has 210 valence electrons. The third-order valence-electron chi connectivity index (χ3n) is 6.69. The minimum atomic E-state index is -0.610. The van der Waals surface area contributed by atoms with E-state index in [1.807, 2.05) is 36.4 Å². The zero-order valence-electron chi connectivity index (χ0n) is 23.6. The lowest BCUT2D eigenvalue weighted by Crippen LogP contribution is -2.09. The van der Waals surface area contributed by atoms with E-state index in [4.69, 9.17) is 14.2 Å². The molecule has 3 rings (SSSR count). The van der Waals surface area contributed by atoms with Gasteiger partial charge in [0.1, 0.15) is 11.5 Å². The van der Waals surface area contributed by atoms with E-state index < -0.39 is 11.8 Å². The van der Waals surface area contributed by atoms with Gasteiger partial charge in [-0.05, 0) is 66.4 Å². The molecule has 0 heterocycles. The van der Waals surface area contributed by atoms with Crippen molar-refractivity contribution in [2.24, 2.45) is 0 Å². The van der Waals surface area contributed by atoms with Gasteiger partial charge in [0.05, 0.1) is 18.8 Å². The molecule has 0 aliphatic carbocycles. The van der Waals surface area contributed by atoms with E-state index in [-0.39, 0.29) is 11.3 Å². The van der Waals surface area contributed by atoms with Crippen molar-refractivity contribution in [3.63, 3.8) is 0 Å². The molecule has 0 aliphatic heterocycles. The Kier molecular flexibility index (Phi) is 13.4. The molecule has 3 aromatic carbocycles. The summed E-state index contributed by atoms with van der Waals surface area (Å²) in [5.74, 6) is 0.254. The van der Waals surface area contributed by atoms with Crippen LogP contribution in [0.25, 0.3) is 11.1 Å². The fourth-order valence-electron chi connectivity index (χ4n) is 4.33. The molecule has 0 spiro atoms. The van der Waals surface area contributed by atoms with Gasteiger partial charge in [-0.1, -0.05) is 95.9 Å².